The van der Waals surface area contributed by atoms with Gasteiger partial charge < -0.3 is 14.4 Å². The summed E-state index contributed by atoms with van der Waals surface area (Å²) in [6.45, 7) is 4.39. The minimum atomic E-state index is -0.168. The summed E-state index contributed by atoms with van der Waals surface area (Å²) in [6.07, 6.45) is 8.67. The summed E-state index contributed by atoms with van der Waals surface area (Å²) in [7, 11) is 1.83. The van der Waals surface area contributed by atoms with Gasteiger partial charge in [0.15, 0.2) is 0 Å². The summed E-state index contributed by atoms with van der Waals surface area (Å²) in [5.74, 6) is 1.10. The lowest BCUT2D eigenvalue weighted by molar-refractivity contribution is 0.0427. The molecule has 0 amide bonds. The molecule has 3 atom stereocenters. The van der Waals surface area contributed by atoms with E-state index in [0.29, 0.717) is 18.6 Å². The smallest absolute Gasteiger partial charge is 0.340 e. The molecule has 4 rings (SSSR count). The first-order chi connectivity index (χ1) is 12.7. The van der Waals surface area contributed by atoms with Crippen LogP contribution in [0.4, 0.5) is 5.69 Å². The van der Waals surface area contributed by atoms with Crippen molar-refractivity contribution in [3.05, 3.63) is 28.8 Å². The van der Waals surface area contributed by atoms with Gasteiger partial charge in [-0.1, -0.05) is 0 Å². The summed E-state index contributed by atoms with van der Waals surface area (Å²) in [4.78, 5) is 15.1. The molecule has 0 aromatic heterocycles. The first-order valence-electron chi connectivity index (χ1n) is 10.3. The van der Waals surface area contributed by atoms with E-state index >= 15 is 0 Å². The van der Waals surface area contributed by atoms with Crippen LogP contribution in [-0.4, -0.2) is 38.9 Å². The average molecular weight is 357 g/mol. The summed E-state index contributed by atoms with van der Waals surface area (Å²) >= 11 is 0. The Balaban J connectivity index is 1.74. The van der Waals surface area contributed by atoms with Gasteiger partial charge in [0.1, 0.15) is 0 Å². The molecule has 1 saturated heterocycles. The Hall–Kier alpha value is -1.55. The van der Waals surface area contributed by atoms with E-state index in [-0.39, 0.29) is 5.97 Å². The van der Waals surface area contributed by atoms with Crippen molar-refractivity contribution in [1.29, 1.82) is 0 Å². The van der Waals surface area contributed by atoms with Crippen LogP contribution < -0.4 is 4.90 Å². The fourth-order valence-corrected chi connectivity index (χ4v) is 5.28. The molecule has 1 saturated carbocycles. The Bertz CT molecular complexity index is 666. The maximum Gasteiger partial charge on any atom is 0.340 e. The molecular weight excluding hydrogens is 326 g/mol. The minimum absolute atomic E-state index is 0.168. The van der Waals surface area contributed by atoms with Crippen LogP contribution in [0.2, 0.25) is 0 Å². The number of hydrogen-bond donors (Lipinski definition) is 0. The van der Waals surface area contributed by atoms with E-state index in [4.69, 9.17) is 9.47 Å². The highest BCUT2D eigenvalue weighted by Crippen LogP contribution is 2.47. The highest BCUT2D eigenvalue weighted by Gasteiger charge is 2.37. The van der Waals surface area contributed by atoms with Gasteiger partial charge in [-0.25, -0.2) is 4.79 Å². The second-order valence-corrected chi connectivity index (χ2v) is 8.06. The molecule has 1 aromatic rings. The van der Waals surface area contributed by atoms with Gasteiger partial charge in [-0.3, -0.25) is 0 Å². The molecular formula is C22H31NO3. The second-order valence-electron chi connectivity index (χ2n) is 8.06. The molecule has 0 radical (unpaired) electrons. The zero-order chi connectivity index (χ0) is 18.1. The average Bonchev–Trinajstić information content (AvgIpc) is 3.21. The van der Waals surface area contributed by atoms with Crippen molar-refractivity contribution in [2.45, 2.75) is 63.9 Å². The topological polar surface area (TPSA) is 38.8 Å². The fraction of sp³-hybridized carbons (Fsp3) is 0.682. The Morgan fingerprint density at radius 2 is 2.00 bits per heavy atom. The lowest BCUT2D eigenvalue weighted by Gasteiger charge is -2.40. The molecule has 1 aliphatic heterocycles. The molecule has 4 heteroatoms. The summed E-state index contributed by atoms with van der Waals surface area (Å²) in [5.41, 5.74) is 4.69. The van der Waals surface area contributed by atoms with Gasteiger partial charge in [0.05, 0.1) is 24.0 Å². The number of aryl methyl sites for hydroxylation is 1. The van der Waals surface area contributed by atoms with Crippen LogP contribution in [0.1, 0.15) is 72.9 Å². The Morgan fingerprint density at radius 3 is 2.73 bits per heavy atom. The molecule has 26 heavy (non-hydrogen) atoms. The molecule has 1 heterocycles. The molecule has 0 bridgehead atoms. The van der Waals surface area contributed by atoms with Crippen LogP contribution in [0.25, 0.3) is 0 Å². The van der Waals surface area contributed by atoms with Crippen LogP contribution in [0.3, 0.4) is 0 Å². The molecule has 3 aliphatic rings. The van der Waals surface area contributed by atoms with Crippen LogP contribution in [0.15, 0.2) is 12.1 Å². The largest absolute Gasteiger partial charge is 0.462 e. The highest BCUT2D eigenvalue weighted by atomic mass is 16.5. The predicted octanol–water partition coefficient (Wildman–Crippen LogP) is 4.31. The molecule has 1 aromatic carbocycles. The van der Waals surface area contributed by atoms with Crippen molar-refractivity contribution in [1.82, 2.24) is 0 Å². The molecule has 2 fully saturated rings. The third-order valence-corrected chi connectivity index (χ3v) is 6.66. The number of rotatable bonds is 4. The van der Waals surface area contributed by atoms with Crippen molar-refractivity contribution >= 4 is 11.7 Å². The van der Waals surface area contributed by atoms with Gasteiger partial charge in [-0.2, -0.15) is 0 Å². The Labute approximate surface area is 156 Å². The van der Waals surface area contributed by atoms with Crippen molar-refractivity contribution in [3.63, 3.8) is 0 Å². The zero-order valence-corrected chi connectivity index (χ0v) is 16.1. The van der Waals surface area contributed by atoms with E-state index < -0.39 is 0 Å². The highest BCUT2D eigenvalue weighted by molar-refractivity contribution is 5.96. The molecule has 2 aliphatic carbocycles. The molecule has 0 N–H and O–H groups in total. The van der Waals surface area contributed by atoms with Gasteiger partial charge in [-0.15, -0.1) is 0 Å². The van der Waals surface area contributed by atoms with Gasteiger partial charge in [0.2, 0.25) is 0 Å². The molecule has 0 spiro atoms. The zero-order valence-electron chi connectivity index (χ0n) is 16.1. The van der Waals surface area contributed by atoms with E-state index in [0.717, 1.165) is 43.1 Å². The number of fused-ring (bicyclic) bond motifs is 3. The standard InChI is InChI=1S/C22H31NO3/c1-3-26-22(24)20-14-19-16(12-21(20)23-10-4-5-11-23)7-6-15-8-9-17(25-2)13-18(15)19/h12,14-15,17-18H,3-11,13H2,1-2H3. The SMILES string of the molecule is CCOC(=O)c1cc2c(cc1N1CCCC1)CCC1CCC(OC)CC21. The van der Waals surface area contributed by atoms with Gasteiger partial charge in [0, 0.05) is 20.2 Å². The number of hydrogen-bond acceptors (Lipinski definition) is 4. The first kappa shape index (κ1) is 17.8. The van der Waals surface area contributed by atoms with E-state index in [1.165, 1.54) is 43.2 Å². The second kappa shape index (κ2) is 7.59. The number of carbonyl (C=O) groups excluding carboxylic acids is 1. The van der Waals surface area contributed by atoms with Crippen molar-refractivity contribution in [2.75, 3.05) is 31.7 Å². The number of nitrogens with zero attached hydrogens (tertiary/aromatic N) is 1. The third-order valence-electron chi connectivity index (χ3n) is 6.66. The summed E-state index contributed by atoms with van der Waals surface area (Å²) in [5, 5.41) is 0. The van der Waals surface area contributed by atoms with Gasteiger partial charge in [-0.05, 0) is 87.0 Å². The predicted molar refractivity (Wildman–Crippen MR) is 103 cm³/mol. The fourth-order valence-electron chi connectivity index (χ4n) is 5.28. The Morgan fingerprint density at radius 1 is 1.19 bits per heavy atom. The lowest BCUT2D eigenvalue weighted by Crippen LogP contribution is -2.32. The van der Waals surface area contributed by atoms with Gasteiger partial charge in [0.25, 0.3) is 0 Å². The van der Waals surface area contributed by atoms with Gasteiger partial charge >= 0.3 is 5.97 Å². The summed E-state index contributed by atoms with van der Waals surface area (Å²) in [6, 6.07) is 4.48. The number of ether oxygens (including phenoxy) is 2. The maximum absolute atomic E-state index is 12.7. The van der Waals surface area contributed by atoms with Crippen LogP contribution in [0, 0.1) is 5.92 Å². The summed E-state index contributed by atoms with van der Waals surface area (Å²) < 4.78 is 11.1. The van der Waals surface area contributed by atoms with E-state index in [1.807, 2.05) is 14.0 Å². The van der Waals surface area contributed by atoms with Crippen LogP contribution >= 0.6 is 0 Å². The molecule has 4 nitrogen and oxygen atoms in total. The van der Waals surface area contributed by atoms with E-state index in [9.17, 15) is 4.79 Å². The number of carbonyl (C=O) groups is 1. The monoisotopic (exact) mass is 357 g/mol. The number of benzene rings is 1. The van der Waals surface area contributed by atoms with E-state index in [1.54, 1.807) is 0 Å². The minimum Gasteiger partial charge on any atom is -0.462 e. The van der Waals surface area contributed by atoms with Crippen molar-refractivity contribution < 1.29 is 14.3 Å². The Kier molecular flexibility index (Phi) is 5.21. The number of esters is 1. The first-order valence-corrected chi connectivity index (χ1v) is 10.3. The van der Waals surface area contributed by atoms with Crippen molar-refractivity contribution in [2.24, 2.45) is 5.92 Å². The maximum atomic E-state index is 12.7. The third kappa shape index (κ3) is 3.24. The normalized spacial score (nSPS) is 27.8. The lowest BCUT2D eigenvalue weighted by atomic mass is 9.67. The quantitative estimate of drug-likeness (QED) is 0.753. The molecule has 142 valence electrons. The van der Waals surface area contributed by atoms with Crippen LogP contribution in [0.5, 0.6) is 0 Å². The van der Waals surface area contributed by atoms with E-state index in [2.05, 4.69) is 17.0 Å². The molecule has 3 unspecified atom stereocenters. The van der Waals surface area contributed by atoms with Crippen LogP contribution in [-0.2, 0) is 15.9 Å². The number of anilines is 1. The van der Waals surface area contributed by atoms with Crippen molar-refractivity contribution in [3.8, 4) is 0 Å². The number of methoxy groups -OCH3 is 1.